The lowest BCUT2D eigenvalue weighted by atomic mass is 10.1. The Morgan fingerprint density at radius 1 is 1.48 bits per heavy atom. The van der Waals surface area contributed by atoms with Crippen LogP contribution in [0.1, 0.15) is 23.2 Å². The Morgan fingerprint density at radius 3 is 3.00 bits per heavy atom. The van der Waals surface area contributed by atoms with Crippen LogP contribution in [-0.2, 0) is 9.53 Å². The zero-order valence-corrected chi connectivity index (χ0v) is 11.5. The van der Waals surface area contributed by atoms with Crippen molar-refractivity contribution in [3.63, 3.8) is 0 Å². The molecule has 0 bridgehead atoms. The molecule has 2 N–H and O–H groups in total. The van der Waals surface area contributed by atoms with Crippen molar-refractivity contribution in [2.75, 3.05) is 13.7 Å². The van der Waals surface area contributed by atoms with Crippen molar-refractivity contribution < 1.29 is 19.4 Å². The van der Waals surface area contributed by atoms with Crippen LogP contribution in [0.15, 0.2) is 24.8 Å². The largest absolute Gasteiger partial charge is 0.480 e. The number of hydrogen-bond acceptors (Lipinski definition) is 5. The van der Waals surface area contributed by atoms with E-state index in [2.05, 4.69) is 15.4 Å². The van der Waals surface area contributed by atoms with Gasteiger partial charge in [0.25, 0.3) is 5.91 Å². The first-order chi connectivity index (χ1) is 10.1. The van der Waals surface area contributed by atoms with Gasteiger partial charge in [-0.15, -0.1) is 0 Å². The Labute approximate surface area is 120 Å². The summed E-state index contributed by atoms with van der Waals surface area (Å²) in [5.41, 5.74) is 0.817. The molecule has 8 heteroatoms. The molecule has 0 aromatic carbocycles. The molecule has 0 aliphatic rings. The second-order valence-electron chi connectivity index (χ2n) is 4.46. The first kappa shape index (κ1) is 14.9. The number of amides is 1. The fourth-order valence-electron chi connectivity index (χ4n) is 1.93. The number of fused-ring (bicyclic) bond motifs is 1. The normalized spacial score (nSPS) is 12.2. The molecule has 0 aliphatic heterocycles. The molecule has 8 nitrogen and oxygen atoms in total. The van der Waals surface area contributed by atoms with Crippen molar-refractivity contribution in [3.8, 4) is 0 Å². The van der Waals surface area contributed by atoms with Gasteiger partial charge >= 0.3 is 5.97 Å². The lowest BCUT2D eigenvalue weighted by Crippen LogP contribution is -2.40. The number of aromatic nitrogens is 3. The first-order valence-corrected chi connectivity index (χ1v) is 6.43. The van der Waals surface area contributed by atoms with Gasteiger partial charge in [0, 0.05) is 26.1 Å². The predicted octanol–water partition coefficient (Wildman–Crippen LogP) is 0.339. The van der Waals surface area contributed by atoms with E-state index < -0.39 is 17.9 Å². The average Bonchev–Trinajstić information content (AvgIpc) is 2.90. The van der Waals surface area contributed by atoms with Gasteiger partial charge in [-0.1, -0.05) is 0 Å². The van der Waals surface area contributed by atoms with Crippen LogP contribution in [0.2, 0.25) is 0 Å². The van der Waals surface area contributed by atoms with Crippen molar-refractivity contribution in [2.45, 2.75) is 18.9 Å². The molecule has 0 saturated carbocycles. The summed E-state index contributed by atoms with van der Waals surface area (Å²) >= 11 is 0. The molecule has 0 fully saturated rings. The lowest BCUT2D eigenvalue weighted by molar-refractivity contribution is -0.139. The van der Waals surface area contributed by atoms with E-state index in [0.717, 1.165) is 0 Å². The minimum absolute atomic E-state index is 0.293. The molecule has 2 heterocycles. The topological polar surface area (TPSA) is 106 Å². The number of nitrogens with one attached hydrogen (secondary N) is 1. The van der Waals surface area contributed by atoms with Crippen molar-refractivity contribution in [1.82, 2.24) is 19.9 Å². The summed E-state index contributed by atoms with van der Waals surface area (Å²) in [6.45, 7) is 0.445. The van der Waals surface area contributed by atoms with Crippen LogP contribution in [0.5, 0.6) is 0 Å². The molecule has 0 radical (unpaired) electrons. The van der Waals surface area contributed by atoms with Gasteiger partial charge in [-0.2, -0.15) is 5.10 Å². The van der Waals surface area contributed by atoms with Crippen LogP contribution in [0, 0.1) is 0 Å². The highest BCUT2D eigenvalue weighted by Gasteiger charge is 2.22. The number of carbonyl (C=O) groups is 2. The number of carbonyl (C=O) groups excluding carboxylic acids is 1. The highest BCUT2D eigenvalue weighted by Crippen LogP contribution is 2.09. The smallest absolute Gasteiger partial charge is 0.326 e. The molecule has 112 valence electrons. The van der Waals surface area contributed by atoms with E-state index in [1.807, 2.05) is 0 Å². The van der Waals surface area contributed by atoms with Gasteiger partial charge < -0.3 is 15.2 Å². The predicted molar refractivity (Wildman–Crippen MR) is 73.0 cm³/mol. The minimum atomic E-state index is -1.07. The zero-order valence-electron chi connectivity index (χ0n) is 11.5. The fourth-order valence-corrected chi connectivity index (χ4v) is 1.93. The van der Waals surface area contributed by atoms with E-state index in [4.69, 9.17) is 9.84 Å². The number of carboxylic acid groups (broad SMARTS) is 1. The Bertz CT molecular complexity index is 640. The number of methoxy groups -OCH3 is 1. The third-order valence-corrected chi connectivity index (χ3v) is 3.01. The molecule has 0 saturated heterocycles. The van der Waals surface area contributed by atoms with Gasteiger partial charge in [-0.3, -0.25) is 9.78 Å². The number of ether oxygens (including phenoxy) is 1. The highest BCUT2D eigenvalue weighted by atomic mass is 16.5. The van der Waals surface area contributed by atoms with E-state index in [0.29, 0.717) is 30.5 Å². The van der Waals surface area contributed by atoms with Crippen molar-refractivity contribution in [2.24, 2.45) is 0 Å². The second kappa shape index (κ2) is 6.80. The van der Waals surface area contributed by atoms with Crippen molar-refractivity contribution >= 4 is 17.4 Å². The van der Waals surface area contributed by atoms with Crippen LogP contribution in [0.4, 0.5) is 0 Å². The van der Waals surface area contributed by atoms with Crippen molar-refractivity contribution in [3.05, 3.63) is 30.4 Å². The van der Waals surface area contributed by atoms with Crippen LogP contribution in [0.25, 0.3) is 5.52 Å². The number of nitrogens with zero attached hydrogens (tertiary/aromatic N) is 3. The maximum Gasteiger partial charge on any atom is 0.326 e. The summed E-state index contributed by atoms with van der Waals surface area (Å²) in [5.74, 6) is -1.56. The zero-order chi connectivity index (χ0) is 15.2. The molecule has 1 atom stereocenters. The molecular formula is C13H16N4O4. The fraction of sp³-hybridized carbons (Fsp3) is 0.385. The van der Waals surface area contributed by atoms with Crippen LogP contribution in [0.3, 0.4) is 0 Å². The van der Waals surface area contributed by atoms with E-state index in [9.17, 15) is 9.59 Å². The molecule has 1 amide bonds. The maximum atomic E-state index is 12.2. The quantitative estimate of drug-likeness (QED) is 0.713. The monoisotopic (exact) mass is 292 g/mol. The van der Waals surface area contributed by atoms with Gasteiger partial charge in [0.1, 0.15) is 6.04 Å². The van der Waals surface area contributed by atoms with Crippen LogP contribution < -0.4 is 5.32 Å². The van der Waals surface area contributed by atoms with E-state index in [1.165, 1.54) is 16.9 Å². The Morgan fingerprint density at radius 2 is 2.29 bits per heavy atom. The Kier molecular flexibility index (Phi) is 4.83. The van der Waals surface area contributed by atoms with Gasteiger partial charge in [-0.25, -0.2) is 9.31 Å². The Hall–Kier alpha value is -2.48. The van der Waals surface area contributed by atoms with E-state index in [1.54, 1.807) is 19.5 Å². The molecule has 0 aliphatic carbocycles. The van der Waals surface area contributed by atoms with Gasteiger partial charge in [0.2, 0.25) is 0 Å². The van der Waals surface area contributed by atoms with Crippen LogP contribution in [-0.4, -0.2) is 51.3 Å². The number of aliphatic carboxylic acids is 1. The average molecular weight is 292 g/mol. The molecule has 21 heavy (non-hydrogen) atoms. The third-order valence-electron chi connectivity index (χ3n) is 3.01. The number of rotatable bonds is 7. The highest BCUT2D eigenvalue weighted by molar-refractivity contribution is 6.01. The lowest BCUT2D eigenvalue weighted by Gasteiger charge is -2.13. The van der Waals surface area contributed by atoms with Gasteiger partial charge in [0.05, 0.1) is 23.5 Å². The van der Waals surface area contributed by atoms with E-state index >= 15 is 0 Å². The standard InChI is InChI=1S/C13H16N4O4/c1-21-6-2-3-10(13(19)20)16-12(18)9-7-15-17-5-4-14-8-11(9)17/h4-5,7-8,10H,2-3,6H2,1H3,(H,16,18)(H,19,20). The summed E-state index contributed by atoms with van der Waals surface area (Å²) in [5, 5.41) is 15.7. The number of carboxylic acids is 1. The first-order valence-electron chi connectivity index (χ1n) is 6.43. The molecule has 0 spiro atoms. The number of hydrogen-bond donors (Lipinski definition) is 2. The van der Waals surface area contributed by atoms with Crippen molar-refractivity contribution in [1.29, 1.82) is 0 Å². The maximum absolute atomic E-state index is 12.2. The Balaban J connectivity index is 2.09. The van der Waals surface area contributed by atoms with E-state index in [-0.39, 0.29) is 0 Å². The molecular weight excluding hydrogens is 276 g/mol. The van der Waals surface area contributed by atoms with Gasteiger partial charge in [-0.05, 0) is 12.8 Å². The summed E-state index contributed by atoms with van der Waals surface area (Å²) in [6.07, 6.45) is 6.89. The molecule has 2 aromatic heterocycles. The molecule has 1 unspecified atom stereocenters. The SMILES string of the molecule is COCCCC(NC(=O)c1cnn2ccncc12)C(=O)O. The molecule has 2 rings (SSSR count). The summed E-state index contributed by atoms with van der Waals surface area (Å²) in [4.78, 5) is 27.3. The second-order valence-corrected chi connectivity index (χ2v) is 4.46. The summed E-state index contributed by atoms with van der Waals surface area (Å²) in [6, 6.07) is -0.959. The van der Waals surface area contributed by atoms with Crippen LogP contribution >= 0.6 is 0 Å². The third kappa shape index (κ3) is 3.54. The summed E-state index contributed by atoms with van der Waals surface area (Å²) in [7, 11) is 1.54. The molecule has 2 aromatic rings. The summed E-state index contributed by atoms with van der Waals surface area (Å²) < 4.78 is 6.38. The van der Waals surface area contributed by atoms with Gasteiger partial charge in [0.15, 0.2) is 0 Å². The minimum Gasteiger partial charge on any atom is -0.480 e.